The molecule has 1 fully saturated rings. The van der Waals surface area contributed by atoms with E-state index in [1.54, 1.807) is 25.7 Å². The fourth-order valence-electron chi connectivity index (χ4n) is 1.73. The summed E-state index contributed by atoms with van der Waals surface area (Å²) in [4.78, 5) is 24.9. The topological polar surface area (TPSA) is 65.1 Å². The molecule has 0 aromatic heterocycles. The van der Waals surface area contributed by atoms with Crippen LogP contribution in [0, 0.1) is 0 Å². The number of carbonyl (C=O) groups is 2. The monoisotopic (exact) mass is 287 g/mol. The molecule has 6 heteroatoms. The number of rotatable bonds is 1. The number of amides is 1. The Bertz CT molecular complexity index is 367. The Kier molecular flexibility index (Phi) is 4.89. The summed E-state index contributed by atoms with van der Waals surface area (Å²) in [5.41, 5.74) is -1.11. The Morgan fingerprint density at radius 1 is 1.00 bits per heavy atom. The number of nitrogens with zero attached hydrogens (tertiary/aromatic N) is 1. The first-order chi connectivity index (χ1) is 8.96. The summed E-state index contributed by atoms with van der Waals surface area (Å²) in [6.07, 6.45) is -0.822. The van der Waals surface area contributed by atoms with Gasteiger partial charge in [0.05, 0.1) is 6.54 Å². The van der Waals surface area contributed by atoms with Crippen LogP contribution in [0.2, 0.25) is 0 Å². The zero-order valence-electron chi connectivity index (χ0n) is 13.2. The largest absolute Gasteiger partial charge is 0.509 e. The molecule has 1 aliphatic rings. The lowest BCUT2D eigenvalue weighted by Gasteiger charge is -2.24. The number of hydrogen-bond donors (Lipinski definition) is 0. The van der Waals surface area contributed by atoms with E-state index >= 15 is 0 Å². The van der Waals surface area contributed by atoms with E-state index in [-0.39, 0.29) is 12.2 Å². The molecular weight excluding hydrogens is 262 g/mol. The van der Waals surface area contributed by atoms with Gasteiger partial charge in [-0.2, -0.15) is 0 Å². The fraction of sp³-hybridized carbons (Fsp3) is 0.857. The van der Waals surface area contributed by atoms with Gasteiger partial charge in [-0.3, -0.25) is 0 Å². The van der Waals surface area contributed by atoms with Gasteiger partial charge >= 0.3 is 12.2 Å². The van der Waals surface area contributed by atoms with E-state index in [1.807, 2.05) is 20.8 Å². The Morgan fingerprint density at radius 2 is 1.55 bits per heavy atom. The SMILES string of the molecule is CC(C)(C)OC(=O)O[C@@H]1CCN(C(=O)OC(C)(C)C)C1. The lowest BCUT2D eigenvalue weighted by atomic mass is 10.2. The van der Waals surface area contributed by atoms with Gasteiger partial charge in [0.25, 0.3) is 0 Å². The van der Waals surface area contributed by atoms with E-state index in [9.17, 15) is 9.59 Å². The summed E-state index contributed by atoms with van der Waals surface area (Å²) in [5, 5.41) is 0. The standard InChI is InChI=1S/C14H25NO5/c1-13(2,3)19-11(16)15-8-7-10(9-15)18-12(17)20-14(4,5)6/h10H,7-9H2,1-6H3/t10-/m1/s1. The highest BCUT2D eigenvalue weighted by atomic mass is 16.7. The molecule has 116 valence electrons. The number of ether oxygens (including phenoxy) is 3. The molecule has 1 amide bonds. The highest BCUT2D eigenvalue weighted by Crippen LogP contribution is 2.18. The van der Waals surface area contributed by atoms with Gasteiger partial charge in [0.2, 0.25) is 0 Å². The quantitative estimate of drug-likeness (QED) is 0.694. The van der Waals surface area contributed by atoms with Crippen LogP contribution in [0.5, 0.6) is 0 Å². The fourth-order valence-corrected chi connectivity index (χ4v) is 1.73. The van der Waals surface area contributed by atoms with Crippen molar-refractivity contribution in [1.82, 2.24) is 4.90 Å². The van der Waals surface area contributed by atoms with Crippen LogP contribution in [0.25, 0.3) is 0 Å². The normalized spacial score (nSPS) is 19.7. The minimum absolute atomic E-state index is 0.336. The van der Waals surface area contributed by atoms with Crippen molar-refractivity contribution in [1.29, 1.82) is 0 Å². The average Bonchev–Trinajstić information content (AvgIpc) is 2.59. The van der Waals surface area contributed by atoms with E-state index in [1.165, 1.54) is 0 Å². The molecule has 1 heterocycles. The number of hydrogen-bond acceptors (Lipinski definition) is 5. The van der Waals surface area contributed by atoms with E-state index in [2.05, 4.69) is 0 Å². The zero-order valence-corrected chi connectivity index (χ0v) is 13.2. The molecule has 1 aliphatic heterocycles. The summed E-state index contributed by atoms with van der Waals surface area (Å²) in [6.45, 7) is 11.6. The Morgan fingerprint density at radius 3 is 2.05 bits per heavy atom. The second-order valence-electron chi connectivity index (χ2n) is 6.92. The van der Waals surface area contributed by atoms with Crippen molar-refractivity contribution in [2.45, 2.75) is 65.3 Å². The van der Waals surface area contributed by atoms with Crippen LogP contribution in [0.3, 0.4) is 0 Å². The highest BCUT2D eigenvalue weighted by molar-refractivity contribution is 5.68. The molecule has 0 aliphatic carbocycles. The second kappa shape index (κ2) is 5.89. The van der Waals surface area contributed by atoms with Crippen LogP contribution in [-0.4, -0.2) is 47.5 Å². The molecule has 1 rings (SSSR count). The van der Waals surface area contributed by atoms with Crippen LogP contribution >= 0.6 is 0 Å². The molecule has 1 saturated heterocycles. The second-order valence-corrected chi connectivity index (χ2v) is 6.92. The van der Waals surface area contributed by atoms with Gasteiger partial charge in [0.1, 0.15) is 17.3 Å². The molecular formula is C14H25NO5. The third-order valence-electron chi connectivity index (χ3n) is 2.45. The van der Waals surface area contributed by atoms with Gasteiger partial charge in [0.15, 0.2) is 0 Å². The average molecular weight is 287 g/mol. The molecule has 0 bridgehead atoms. The Balaban J connectivity index is 2.40. The summed E-state index contributed by atoms with van der Waals surface area (Å²) in [6, 6.07) is 0. The minimum atomic E-state index is -0.700. The van der Waals surface area contributed by atoms with Crippen molar-refractivity contribution < 1.29 is 23.8 Å². The van der Waals surface area contributed by atoms with Gasteiger partial charge in [-0.25, -0.2) is 9.59 Å². The number of carbonyl (C=O) groups excluding carboxylic acids is 2. The molecule has 0 radical (unpaired) electrons. The first-order valence-corrected chi connectivity index (χ1v) is 6.84. The van der Waals surface area contributed by atoms with E-state index in [0.717, 1.165) is 0 Å². The molecule has 0 unspecified atom stereocenters. The molecule has 0 spiro atoms. The third kappa shape index (κ3) is 6.12. The first kappa shape index (κ1) is 16.6. The van der Waals surface area contributed by atoms with Crippen LogP contribution < -0.4 is 0 Å². The molecule has 6 nitrogen and oxygen atoms in total. The lowest BCUT2D eigenvalue weighted by Crippen LogP contribution is -2.36. The predicted molar refractivity (Wildman–Crippen MR) is 73.5 cm³/mol. The van der Waals surface area contributed by atoms with Crippen LogP contribution in [0.15, 0.2) is 0 Å². The van der Waals surface area contributed by atoms with Gasteiger partial charge in [0, 0.05) is 13.0 Å². The van der Waals surface area contributed by atoms with E-state index in [0.29, 0.717) is 19.5 Å². The van der Waals surface area contributed by atoms with E-state index in [4.69, 9.17) is 14.2 Å². The summed E-state index contributed by atoms with van der Waals surface area (Å²) >= 11 is 0. The van der Waals surface area contributed by atoms with Crippen molar-refractivity contribution in [3.05, 3.63) is 0 Å². The Hall–Kier alpha value is -1.46. The molecule has 0 aromatic rings. The summed E-state index contributed by atoms with van der Waals surface area (Å²) < 4.78 is 15.5. The molecule has 20 heavy (non-hydrogen) atoms. The lowest BCUT2D eigenvalue weighted by molar-refractivity contribution is -0.0259. The molecule has 0 saturated carbocycles. The van der Waals surface area contributed by atoms with Crippen LogP contribution in [0.4, 0.5) is 9.59 Å². The van der Waals surface area contributed by atoms with Crippen molar-refractivity contribution in [2.75, 3.05) is 13.1 Å². The maximum atomic E-state index is 11.9. The van der Waals surface area contributed by atoms with E-state index < -0.39 is 17.4 Å². The summed E-state index contributed by atoms with van der Waals surface area (Å²) in [5.74, 6) is 0. The van der Waals surface area contributed by atoms with Crippen LogP contribution in [-0.2, 0) is 14.2 Å². The van der Waals surface area contributed by atoms with Crippen LogP contribution in [0.1, 0.15) is 48.0 Å². The highest BCUT2D eigenvalue weighted by Gasteiger charge is 2.32. The van der Waals surface area contributed by atoms with Crippen molar-refractivity contribution in [2.24, 2.45) is 0 Å². The van der Waals surface area contributed by atoms with Gasteiger partial charge < -0.3 is 19.1 Å². The smallest absolute Gasteiger partial charge is 0.444 e. The maximum absolute atomic E-state index is 11.9. The van der Waals surface area contributed by atoms with Crippen molar-refractivity contribution in [3.63, 3.8) is 0 Å². The van der Waals surface area contributed by atoms with Gasteiger partial charge in [-0.15, -0.1) is 0 Å². The maximum Gasteiger partial charge on any atom is 0.509 e. The third-order valence-corrected chi connectivity index (χ3v) is 2.45. The first-order valence-electron chi connectivity index (χ1n) is 6.84. The molecule has 0 aromatic carbocycles. The summed E-state index contributed by atoms with van der Waals surface area (Å²) in [7, 11) is 0. The number of likely N-dealkylation sites (tertiary alicyclic amines) is 1. The Labute approximate surface area is 120 Å². The van der Waals surface area contributed by atoms with Crippen molar-refractivity contribution in [3.8, 4) is 0 Å². The predicted octanol–water partition coefficient (Wildman–Crippen LogP) is 2.95. The minimum Gasteiger partial charge on any atom is -0.444 e. The molecule has 0 N–H and O–H groups in total. The van der Waals surface area contributed by atoms with Gasteiger partial charge in [-0.05, 0) is 41.5 Å². The zero-order chi connectivity index (χ0) is 15.6. The molecule has 1 atom stereocenters. The van der Waals surface area contributed by atoms with Gasteiger partial charge in [-0.1, -0.05) is 0 Å². The van der Waals surface area contributed by atoms with Crippen molar-refractivity contribution >= 4 is 12.2 Å².